The highest BCUT2D eigenvalue weighted by molar-refractivity contribution is 5.99. The Hall–Kier alpha value is -1.92. The van der Waals surface area contributed by atoms with E-state index in [9.17, 15) is 9.59 Å². The summed E-state index contributed by atoms with van der Waals surface area (Å²) in [5.74, 6) is -1.34. The van der Waals surface area contributed by atoms with E-state index in [2.05, 4.69) is 5.32 Å². The number of nitrogens with one attached hydrogen (secondary N) is 1. The molecule has 1 amide bonds. The molecule has 1 aromatic carbocycles. The molecular weight excluding hydrogens is 248 g/mol. The van der Waals surface area contributed by atoms with Crippen molar-refractivity contribution in [3.05, 3.63) is 29.8 Å². The highest BCUT2D eigenvalue weighted by Gasteiger charge is 2.35. The molecule has 1 saturated heterocycles. The quantitative estimate of drug-likeness (QED) is 0.750. The monoisotopic (exact) mass is 264 g/mol. The molecule has 6 nitrogen and oxygen atoms in total. The van der Waals surface area contributed by atoms with E-state index in [1.165, 1.54) is 12.1 Å². The Morgan fingerprint density at radius 3 is 2.63 bits per heavy atom. The SMILES string of the molecule is NC1(C(=O)Nc2cccc(C(=O)O)c2)CCOCC1. The van der Waals surface area contributed by atoms with E-state index in [0.29, 0.717) is 31.7 Å². The molecule has 2 rings (SSSR count). The number of carboxylic acids is 1. The predicted octanol–water partition coefficient (Wildman–Crippen LogP) is 0.831. The molecule has 0 aliphatic carbocycles. The van der Waals surface area contributed by atoms with Crippen LogP contribution in [-0.4, -0.2) is 35.7 Å². The molecule has 1 fully saturated rings. The topological polar surface area (TPSA) is 102 Å². The first kappa shape index (κ1) is 13.5. The number of carbonyl (C=O) groups is 2. The molecule has 0 atom stereocenters. The maximum atomic E-state index is 12.1. The van der Waals surface area contributed by atoms with Crippen molar-refractivity contribution in [1.29, 1.82) is 0 Å². The largest absolute Gasteiger partial charge is 0.478 e. The number of amides is 1. The maximum absolute atomic E-state index is 12.1. The zero-order valence-electron chi connectivity index (χ0n) is 10.4. The Bertz CT molecular complexity index is 495. The highest BCUT2D eigenvalue weighted by atomic mass is 16.5. The van der Waals surface area contributed by atoms with E-state index >= 15 is 0 Å². The molecular formula is C13H16N2O4. The number of benzene rings is 1. The summed E-state index contributed by atoms with van der Waals surface area (Å²) < 4.78 is 5.18. The van der Waals surface area contributed by atoms with Gasteiger partial charge in [-0.1, -0.05) is 6.07 Å². The van der Waals surface area contributed by atoms with Crippen molar-refractivity contribution < 1.29 is 19.4 Å². The number of aromatic carboxylic acids is 1. The van der Waals surface area contributed by atoms with Gasteiger partial charge in [0.05, 0.1) is 5.56 Å². The molecule has 6 heteroatoms. The molecule has 1 heterocycles. The lowest BCUT2D eigenvalue weighted by molar-refractivity contribution is -0.124. The lowest BCUT2D eigenvalue weighted by Crippen LogP contribution is -2.54. The zero-order valence-corrected chi connectivity index (χ0v) is 10.4. The van der Waals surface area contributed by atoms with Gasteiger partial charge in [0, 0.05) is 18.9 Å². The molecule has 0 aromatic heterocycles. The third-order valence-corrected chi connectivity index (χ3v) is 3.20. The zero-order chi connectivity index (χ0) is 13.9. The summed E-state index contributed by atoms with van der Waals surface area (Å²) in [7, 11) is 0. The van der Waals surface area contributed by atoms with Crippen LogP contribution < -0.4 is 11.1 Å². The second-order valence-electron chi connectivity index (χ2n) is 4.61. The molecule has 0 radical (unpaired) electrons. The molecule has 1 aliphatic heterocycles. The number of nitrogens with two attached hydrogens (primary N) is 1. The average molecular weight is 264 g/mol. The number of ether oxygens (including phenoxy) is 1. The minimum atomic E-state index is -1.04. The maximum Gasteiger partial charge on any atom is 0.335 e. The van der Waals surface area contributed by atoms with Crippen molar-refractivity contribution in [2.75, 3.05) is 18.5 Å². The van der Waals surface area contributed by atoms with Gasteiger partial charge in [0.15, 0.2) is 0 Å². The van der Waals surface area contributed by atoms with Crippen LogP contribution in [0.25, 0.3) is 0 Å². The molecule has 0 bridgehead atoms. The van der Waals surface area contributed by atoms with Crippen LogP contribution in [0.2, 0.25) is 0 Å². The smallest absolute Gasteiger partial charge is 0.335 e. The van der Waals surface area contributed by atoms with Crippen molar-refractivity contribution in [2.45, 2.75) is 18.4 Å². The number of hydrogen-bond acceptors (Lipinski definition) is 4. The predicted molar refractivity (Wildman–Crippen MR) is 69.0 cm³/mol. The van der Waals surface area contributed by atoms with Crippen LogP contribution in [0.15, 0.2) is 24.3 Å². The molecule has 1 aromatic rings. The van der Waals surface area contributed by atoms with Crippen molar-refractivity contribution in [2.24, 2.45) is 5.73 Å². The molecule has 1 aliphatic rings. The summed E-state index contributed by atoms with van der Waals surface area (Å²) in [6, 6.07) is 6.08. The summed E-state index contributed by atoms with van der Waals surface area (Å²) in [5, 5.41) is 11.6. The van der Waals surface area contributed by atoms with E-state index < -0.39 is 11.5 Å². The molecule has 102 valence electrons. The third kappa shape index (κ3) is 3.10. The number of hydrogen-bond donors (Lipinski definition) is 3. The molecule has 0 saturated carbocycles. The van der Waals surface area contributed by atoms with E-state index in [1.54, 1.807) is 12.1 Å². The lowest BCUT2D eigenvalue weighted by Gasteiger charge is -2.31. The lowest BCUT2D eigenvalue weighted by atomic mass is 9.90. The number of carbonyl (C=O) groups excluding carboxylic acids is 1. The first-order valence-corrected chi connectivity index (χ1v) is 6.03. The summed E-state index contributed by atoms with van der Waals surface area (Å²) in [6.07, 6.45) is 0.912. The first-order valence-electron chi connectivity index (χ1n) is 6.03. The van der Waals surface area contributed by atoms with Crippen LogP contribution in [0.4, 0.5) is 5.69 Å². The van der Waals surface area contributed by atoms with E-state index in [4.69, 9.17) is 15.6 Å². The summed E-state index contributed by atoms with van der Waals surface area (Å²) in [6.45, 7) is 0.915. The molecule has 4 N–H and O–H groups in total. The first-order chi connectivity index (χ1) is 9.01. The van der Waals surface area contributed by atoms with Gasteiger partial charge in [-0.2, -0.15) is 0 Å². The fourth-order valence-electron chi connectivity index (χ4n) is 1.95. The van der Waals surface area contributed by atoms with Gasteiger partial charge < -0.3 is 20.9 Å². The molecule has 0 unspecified atom stereocenters. The summed E-state index contributed by atoms with van der Waals surface area (Å²) in [4.78, 5) is 23.0. The average Bonchev–Trinajstić information content (AvgIpc) is 2.40. The van der Waals surface area contributed by atoms with Crippen molar-refractivity contribution >= 4 is 17.6 Å². The second kappa shape index (κ2) is 5.38. The van der Waals surface area contributed by atoms with Crippen LogP contribution in [0.3, 0.4) is 0 Å². The van der Waals surface area contributed by atoms with Crippen LogP contribution in [0, 0.1) is 0 Å². The summed E-state index contributed by atoms with van der Waals surface area (Å²) in [5.41, 5.74) is 5.65. The van der Waals surface area contributed by atoms with E-state index in [1.807, 2.05) is 0 Å². The normalized spacial score (nSPS) is 17.7. The fourth-order valence-corrected chi connectivity index (χ4v) is 1.95. The summed E-state index contributed by atoms with van der Waals surface area (Å²) >= 11 is 0. The Morgan fingerprint density at radius 1 is 1.32 bits per heavy atom. The van der Waals surface area contributed by atoms with Gasteiger partial charge in [-0.15, -0.1) is 0 Å². The Morgan fingerprint density at radius 2 is 2.00 bits per heavy atom. The van der Waals surface area contributed by atoms with Gasteiger partial charge in [0.25, 0.3) is 0 Å². The van der Waals surface area contributed by atoms with Crippen molar-refractivity contribution in [3.8, 4) is 0 Å². The minimum Gasteiger partial charge on any atom is -0.478 e. The van der Waals surface area contributed by atoms with Crippen molar-refractivity contribution in [1.82, 2.24) is 0 Å². The van der Waals surface area contributed by atoms with E-state index in [-0.39, 0.29) is 11.5 Å². The van der Waals surface area contributed by atoms with Gasteiger partial charge in [-0.3, -0.25) is 4.79 Å². The molecule has 0 spiro atoms. The van der Waals surface area contributed by atoms with Gasteiger partial charge >= 0.3 is 5.97 Å². The van der Waals surface area contributed by atoms with Crippen LogP contribution in [0.5, 0.6) is 0 Å². The van der Waals surface area contributed by atoms with Crippen LogP contribution in [-0.2, 0) is 9.53 Å². The van der Waals surface area contributed by atoms with Gasteiger partial charge in [0.2, 0.25) is 5.91 Å². The number of carboxylic acid groups (broad SMARTS) is 1. The Kier molecular flexibility index (Phi) is 3.82. The van der Waals surface area contributed by atoms with E-state index in [0.717, 1.165) is 0 Å². The van der Waals surface area contributed by atoms with Gasteiger partial charge in [-0.05, 0) is 31.0 Å². The van der Waals surface area contributed by atoms with Gasteiger partial charge in [0.1, 0.15) is 5.54 Å². The van der Waals surface area contributed by atoms with Gasteiger partial charge in [-0.25, -0.2) is 4.79 Å². The fraction of sp³-hybridized carbons (Fsp3) is 0.385. The number of rotatable bonds is 3. The standard InChI is InChI=1S/C13H16N2O4/c14-13(4-6-19-7-5-13)12(18)15-10-3-1-2-9(8-10)11(16)17/h1-3,8H,4-7,14H2,(H,15,18)(H,16,17). The number of anilines is 1. The van der Waals surface area contributed by atoms with Crippen molar-refractivity contribution in [3.63, 3.8) is 0 Å². The van der Waals surface area contributed by atoms with Crippen LogP contribution >= 0.6 is 0 Å². The Balaban J connectivity index is 2.10. The molecule has 19 heavy (non-hydrogen) atoms. The highest BCUT2D eigenvalue weighted by Crippen LogP contribution is 2.20. The third-order valence-electron chi connectivity index (χ3n) is 3.20. The second-order valence-corrected chi connectivity index (χ2v) is 4.61. The van der Waals surface area contributed by atoms with Crippen LogP contribution in [0.1, 0.15) is 23.2 Å². The Labute approximate surface area is 110 Å². The minimum absolute atomic E-state index is 0.121.